The van der Waals surface area contributed by atoms with Crippen LogP contribution in [0.1, 0.15) is 38.5 Å². The van der Waals surface area contributed by atoms with Gasteiger partial charge in [-0.1, -0.05) is 25.7 Å². The van der Waals surface area contributed by atoms with Gasteiger partial charge in [-0.2, -0.15) is 4.39 Å². The van der Waals surface area contributed by atoms with Crippen LogP contribution in [0.2, 0.25) is 0 Å². The molecule has 1 aliphatic rings. The van der Waals surface area contributed by atoms with Crippen LogP contribution >= 0.6 is 0 Å². The van der Waals surface area contributed by atoms with Gasteiger partial charge < -0.3 is 5.32 Å². The van der Waals surface area contributed by atoms with Gasteiger partial charge in [-0.3, -0.25) is 14.9 Å². The van der Waals surface area contributed by atoms with E-state index in [-0.39, 0.29) is 11.6 Å². The molecule has 1 amide bonds. The number of carbonyl (C=O) groups is 1. The third kappa shape index (κ3) is 3.76. The molecule has 1 aliphatic carbocycles. The van der Waals surface area contributed by atoms with Crippen LogP contribution in [0.15, 0.2) is 18.2 Å². The number of halogens is 1. The Balaban J connectivity index is 1.87. The first-order chi connectivity index (χ1) is 9.56. The number of nitro groups is 1. The van der Waals surface area contributed by atoms with Crippen LogP contribution in [0.4, 0.5) is 15.8 Å². The van der Waals surface area contributed by atoms with Crippen molar-refractivity contribution in [2.24, 2.45) is 5.92 Å². The average molecular weight is 280 g/mol. The minimum absolute atomic E-state index is 0.176. The SMILES string of the molecule is O=C(CCC1CCCC1)Nc1ccc([N+](=O)[O-])c(F)c1. The standard InChI is InChI=1S/C14H17FN2O3/c15-12-9-11(6-7-13(12)17(19)20)16-14(18)8-5-10-3-1-2-4-10/h6-7,9-10H,1-5,8H2,(H,16,18). The number of hydrogen-bond acceptors (Lipinski definition) is 3. The normalized spacial score (nSPS) is 15.2. The van der Waals surface area contributed by atoms with Crippen LogP contribution < -0.4 is 5.32 Å². The second-order valence-corrected chi connectivity index (χ2v) is 5.16. The molecular weight excluding hydrogens is 263 g/mol. The van der Waals surface area contributed by atoms with Gasteiger partial charge >= 0.3 is 5.69 Å². The highest BCUT2D eigenvalue weighted by atomic mass is 19.1. The lowest BCUT2D eigenvalue weighted by atomic mass is 10.0. The molecule has 0 spiro atoms. The lowest BCUT2D eigenvalue weighted by molar-refractivity contribution is -0.387. The predicted octanol–water partition coefficient (Wildman–Crippen LogP) is 3.64. The van der Waals surface area contributed by atoms with E-state index in [2.05, 4.69) is 5.32 Å². The first kappa shape index (κ1) is 14.4. The molecule has 5 nitrogen and oxygen atoms in total. The molecule has 0 atom stereocenters. The number of nitro benzene ring substituents is 1. The molecule has 0 bridgehead atoms. The highest BCUT2D eigenvalue weighted by molar-refractivity contribution is 5.90. The summed E-state index contributed by atoms with van der Waals surface area (Å²) in [5, 5.41) is 13.1. The number of nitrogens with one attached hydrogen (secondary N) is 1. The molecule has 2 rings (SSSR count). The largest absolute Gasteiger partial charge is 0.326 e. The smallest absolute Gasteiger partial charge is 0.304 e. The van der Waals surface area contributed by atoms with E-state index in [0.29, 0.717) is 12.3 Å². The van der Waals surface area contributed by atoms with Crippen LogP contribution in [0.5, 0.6) is 0 Å². The highest BCUT2D eigenvalue weighted by Gasteiger charge is 2.17. The predicted molar refractivity (Wildman–Crippen MR) is 72.9 cm³/mol. The van der Waals surface area contributed by atoms with Gasteiger partial charge in [-0.15, -0.1) is 0 Å². The molecule has 1 N–H and O–H groups in total. The van der Waals surface area contributed by atoms with Crippen molar-refractivity contribution >= 4 is 17.3 Å². The maximum absolute atomic E-state index is 13.4. The Labute approximate surface area is 116 Å². The van der Waals surface area contributed by atoms with Crippen molar-refractivity contribution in [2.75, 3.05) is 5.32 Å². The summed E-state index contributed by atoms with van der Waals surface area (Å²) in [6.07, 6.45) is 6.09. The number of rotatable bonds is 5. The fourth-order valence-electron chi connectivity index (χ4n) is 2.59. The van der Waals surface area contributed by atoms with Gasteiger partial charge in [0.1, 0.15) is 0 Å². The Morgan fingerprint density at radius 3 is 2.70 bits per heavy atom. The van der Waals surface area contributed by atoms with E-state index in [9.17, 15) is 19.3 Å². The molecule has 6 heteroatoms. The Hall–Kier alpha value is -1.98. The molecule has 0 aromatic heterocycles. The van der Waals surface area contributed by atoms with E-state index >= 15 is 0 Å². The molecule has 1 saturated carbocycles. The van der Waals surface area contributed by atoms with Crippen LogP contribution in [0.25, 0.3) is 0 Å². The van der Waals surface area contributed by atoms with E-state index in [1.165, 1.54) is 31.7 Å². The van der Waals surface area contributed by atoms with Crippen molar-refractivity contribution in [3.63, 3.8) is 0 Å². The van der Waals surface area contributed by atoms with Crippen LogP contribution in [0.3, 0.4) is 0 Å². The zero-order chi connectivity index (χ0) is 14.5. The fraction of sp³-hybridized carbons (Fsp3) is 0.500. The summed E-state index contributed by atoms with van der Waals surface area (Å²) in [6.45, 7) is 0. The van der Waals surface area contributed by atoms with Crippen molar-refractivity contribution in [3.05, 3.63) is 34.1 Å². The van der Waals surface area contributed by atoms with Gasteiger partial charge in [-0.25, -0.2) is 0 Å². The Bertz CT molecular complexity index is 513. The number of carbonyl (C=O) groups excluding carboxylic acids is 1. The molecule has 1 fully saturated rings. The van der Waals surface area contributed by atoms with Crippen LogP contribution in [-0.4, -0.2) is 10.8 Å². The maximum atomic E-state index is 13.4. The van der Waals surface area contributed by atoms with Crippen molar-refractivity contribution in [1.82, 2.24) is 0 Å². The summed E-state index contributed by atoms with van der Waals surface area (Å²) >= 11 is 0. The van der Waals surface area contributed by atoms with E-state index in [0.717, 1.165) is 18.6 Å². The lowest BCUT2D eigenvalue weighted by Crippen LogP contribution is -2.13. The second-order valence-electron chi connectivity index (χ2n) is 5.16. The van der Waals surface area contributed by atoms with Crippen molar-refractivity contribution in [2.45, 2.75) is 38.5 Å². The van der Waals surface area contributed by atoms with Crippen LogP contribution in [-0.2, 0) is 4.79 Å². The molecule has 20 heavy (non-hydrogen) atoms. The van der Waals surface area contributed by atoms with Crippen LogP contribution in [0, 0.1) is 21.8 Å². The third-order valence-electron chi connectivity index (χ3n) is 3.68. The fourth-order valence-corrected chi connectivity index (χ4v) is 2.59. The summed E-state index contributed by atoms with van der Waals surface area (Å²) in [5.74, 6) is -0.497. The topological polar surface area (TPSA) is 72.2 Å². The molecule has 0 aliphatic heterocycles. The molecule has 1 aromatic carbocycles. The van der Waals surface area contributed by atoms with Crippen molar-refractivity contribution < 1.29 is 14.1 Å². The number of amides is 1. The molecule has 0 unspecified atom stereocenters. The Morgan fingerprint density at radius 1 is 1.40 bits per heavy atom. The van der Waals surface area contributed by atoms with Gasteiger partial charge in [0.2, 0.25) is 11.7 Å². The summed E-state index contributed by atoms with van der Waals surface area (Å²) in [5.41, 5.74) is -0.335. The summed E-state index contributed by atoms with van der Waals surface area (Å²) < 4.78 is 13.4. The highest BCUT2D eigenvalue weighted by Crippen LogP contribution is 2.28. The number of anilines is 1. The maximum Gasteiger partial charge on any atom is 0.304 e. The van der Waals surface area contributed by atoms with E-state index in [1.807, 2.05) is 0 Å². The Kier molecular flexibility index (Phi) is 4.65. The number of benzene rings is 1. The van der Waals surface area contributed by atoms with Gasteiger partial charge in [0, 0.05) is 24.2 Å². The molecule has 0 saturated heterocycles. The monoisotopic (exact) mass is 280 g/mol. The van der Waals surface area contributed by atoms with Crippen molar-refractivity contribution in [1.29, 1.82) is 0 Å². The quantitative estimate of drug-likeness (QED) is 0.661. The lowest BCUT2D eigenvalue weighted by Gasteiger charge is -2.09. The van der Waals surface area contributed by atoms with Gasteiger partial charge in [0.15, 0.2) is 0 Å². The third-order valence-corrected chi connectivity index (χ3v) is 3.68. The Morgan fingerprint density at radius 2 is 2.10 bits per heavy atom. The average Bonchev–Trinajstić information content (AvgIpc) is 2.89. The zero-order valence-electron chi connectivity index (χ0n) is 11.1. The van der Waals surface area contributed by atoms with E-state index < -0.39 is 16.4 Å². The first-order valence-corrected chi connectivity index (χ1v) is 6.80. The van der Waals surface area contributed by atoms with Crippen molar-refractivity contribution in [3.8, 4) is 0 Å². The molecule has 0 heterocycles. The van der Waals surface area contributed by atoms with E-state index in [1.54, 1.807) is 0 Å². The van der Waals surface area contributed by atoms with Gasteiger partial charge in [0.25, 0.3) is 0 Å². The number of nitrogens with zero attached hydrogens (tertiary/aromatic N) is 1. The summed E-state index contributed by atoms with van der Waals surface area (Å²) in [7, 11) is 0. The minimum atomic E-state index is -0.941. The second kappa shape index (κ2) is 6.45. The summed E-state index contributed by atoms with van der Waals surface area (Å²) in [4.78, 5) is 21.4. The molecule has 0 radical (unpaired) electrons. The first-order valence-electron chi connectivity index (χ1n) is 6.80. The van der Waals surface area contributed by atoms with E-state index in [4.69, 9.17) is 0 Å². The molecular formula is C14H17FN2O3. The molecule has 108 valence electrons. The number of hydrogen-bond donors (Lipinski definition) is 1. The molecule has 1 aromatic rings. The zero-order valence-corrected chi connectivity index (χ0v) is 11.1. The van der Waals surface area contributed by atoms with Gasteiger partial charge in [-0.05, 0) is 18.4 Å². The van der Waals surface area contributed by atoms with Gasteiger partial charge in [0.05, 0.1) is 4.92 Å². The summed E-state index contributed by atoms with van der Waals surface area (Å²) in [6, 6.07) is 3.38. The minimum Gasteiger partial charge on any atom is -0.326 e.